The van der Waals surface area contributed by atoms with Gasteiger partial charge in [-0.1, -0.05) is 6.07 Å². The molecule has 0 unspecified atom stereocenters. The highest BCUT2D eigenvalue weighted by Gasteiger charge is 2.31. The van der Waals surface area contributed by atoms with E-state index in [0.29, 0.717) is 16.3 Å². The molecule has 120 valence electrons. The van der Waals surface area contributed by atoms with Crippen LogP contribution >= 0.6 is 15.9 Å². The van der Waals surface area contributed by atoms with E-state index in [4.69, 9.17) is 5.73 Å². The molecule has 1 heterocycles. The van der Waals surface area contributed by atoms with Crippen LogP contribution in [0, 0.1) is 5.82 Å². The lowest BCUT2D eigenvalue weighted by Crippen LogP contribution is -2.14. The predicted molar refractivity (Wildman–Crippen MR) is 81.4 cm³/mol. The van der Waals surface area contributed by atoms with Gasteiger partial charge in [0.1, 0.15) is 5.82 Å². The smallest absolute Gasteiger partial charge is 0.369 e. The predicted octanol–water partition coefficient (Wildman–Crippen LogP) is 4.27. The molecule has 1 aromatic heterocycles. The zero-order chi connectivity index (χ0) is 16.9. The van der Waals surface area contributed by atoms with Gasteiger partial charge in [-0.25, -0.2) is 4.39 Å². The summed E-state index contributed by atoms with van der Waals surface area (Å²) in [6, 6.07) is 4.29. The normalized spacial score (nSPS) is 12.2. The molecule has 2 aromatic carbocycles. The van der Waals surface area contributed by atoms with Crippen molar-refractivity contribution in [3.8, 4) is 0 Å². The van der Waals surface area contributed by atoms with Gasteiger partial charge < -0.3 is 10.7 Å². The van der Waals surface area contributed by atoms with Crippen LogP contribution < -0.4 is 5.73 Å². The van der Waals surface area contributed by atoms with E-state index < -0.39 is 23.5 Å². The van der Waals surface area contributed by atoms with E-state index in [2.05, 4.69) is 20.9 Å². The van der Waals surface area contributed by atoms with Crippen LogP contribution in [0.4, 0.5) is 17.6 Å². The Morgan fingerprint density at radius 1 is 1.26 bits per heavy atom. The first-order chi connectivity index (χ1) is 10.7. The fourth-order valence-electron chi connectivity index (χ4n) is 2.58. The minimum absolute atomic E-state index is 0.117. The van der Waals surface area contributed by atoms with Crippen molar-refractivity contribution in [3.63, 3.8) is 0 Å². The summed E-state index contributed by atoms with van der Waals surface area (Å²) in [5.74, 6) is -1.28. The van der Waals surface area contributed by atoms with Gasteiger partial charge in [-0.05, 0) is 39.7 Å². The molecule has 3 rings (SSSR count). The first-order valence-corrected chi connectivity index (χ1v) is 7.25. The monoisotopic (exact) mass is 388 g/mol. The van der Waals surface area contributed by atoms with Gasteiger partial charge in [-0.2, -0.15) is 13.2 Å². The second kappa shape index (κ2) is 5.23. The van der Waals surface area contributed by atoms with Gasteiger partial charge in [0, 0.05) is 16.3 Å². The lowest BCUT2D eigenvalue weighted by molar-refractivity contribution is -0.137. The summed E-state index contributed by atoms with van der Waals surface area (Å²) < 4.78 is 52.6. The first kappa shape index (κ1) is 15.8. The zero-order valence-electron chi connectivity index (χ0n) is 11.4. The molecule has 0 aliphatic carbocycles. The number of carbonyl (C=O) groups is 1. The summed E-state index contributed by atoms with van der Waals surface area (Å²) in [6.07, 6.45) is -4.70. The molecule has 1 amide bonds. The maximum absolute atomic E-state index is 14.0. The fourth-order valence-corrected chi connectivity index (χ4v) is 3.10. The number of alkyl halides is 3. The number of amides is 1. The number of aromatic nitrogens is 1. The number of rotatable bonds is 2. The standard InChI is InChI=1S/C15H9BrF4N2O/c16-13-9(17)3-6(4-11(21)23)14-12(13)8-2-1-7(15(18,19)20)5-10(8)22-14/h1-3,5,22H,4H2,(H2,21,23). The molecule has 23 heavy (non-hydrogen) atoms. The van der Waals surface area contributed by atoms with E-state index in [0.717, 1.165) is 18.2 Å². The molecular formula is C15H9BrF4N2O. The molecule has 0 bridgehead atoms. The Kier molecular flexibility index (Phi) is 3.59. The Bertz CT molecular complexity index is 946. The lowest BCUT2D eigenvalue weighted by Gasteiger charge is -2.06. The highest BCUT2D eigenvalue weighted by atomic mass is 79.9. The molecule has 0 aliphatic heterocycles. The van der Waals surface area contributed by atoms with Gasteiger partial charge in [0.2, 0.25) is 5.91 Å². The van der Waals surface area contributed by atoms with Gasteiger partial charge in [-0.15, -0.1) is 0 Å². The summed E-state index contributed by atoms with van der Waals surface area (Å²) >= 11 is 3.11. The van der Waals surface area contributed by atoms with Crippen molar-refractivity contribution in [2.24, 2.45) is 5.73 Å². The number of halogens is 5. The number of benzene rings is 2. The number of fused-ring (bicyclic) bond motifs is 3. The molecule has 0 aliphatic rings. The number of hydrogen-bond donors (Lipinski definition) is 2. The number of carbonyl (C=O) groups excluding carboxylic acids is 1. The summed E-state index contributed by atoms with van der Waals surface area (Å²) in [4.78, 5) is 14.0. The fraction of sp³-hybridized carbons (Fsp3) is 0.133. The minimum atomic E-state index is -4.48. The van der Waals surface area contributed by atoms with Crippen molar-refractivity contribution >= 4 is 43.6 Å². The first-order valence-electron chi connectivity index (χ1n) is 6.46. The number of aromatic amines is 1. The van der Waals surface area contributed by atoms with Crippen molar-refractivity contribution in [1.82, 2.24) is 4.98 Å². The minimum Gasteiger partial charge on any atom is -0.369 e. The highest BCUT2D eigenvalue weighted by molar-refractivity contribution is 9.10. The van der Waals surface area contributed by atoms with Gasteiger partial charge in [0.05, 0.1) is 22.0 Å². The third-order valence-corrected chi connectivity index (χ3v) is 4.32. The Morgan fingerprint density at radius 2 is 1.96 bits per heavy atom. The average Bonchev–Trinajstić information content (AvgIpc) is 2.82. The average molecular weight is 389 g/mol. The number of nitrogens with one attached hydrogen (secondary N) is 1. The van der Waals surface area contributed by atoms with Crippen LogP contribution in [0.25, 0.3) is 21.8 Å². The number of hydrogen-bond acceptors (Lipinski definition) is 1. The molecule has 3 N–H and O–H groups in total. The van der Waals surface area contributed by atoms with E-state index in [9.17, 15) is 22.4 Å². The van der Waals surface area contributed by atoms with Crippen molar-refractivity contribution in [3.05, 3.63) is 45.7 Å². The van der Waals surface area contributed by atoms with Crippen molar-refractivity contribution < 1.29 is 22.4 Å². The topological polar surface area (TPSA) is 58.9 Å². The molecule has 0 atom stereocenters. The van der Waals surface area contributed by atoms with E-state index >= 15 is 0 Å². The molecule has 0 radical (unpaired) electrons. The van der Waals surface area contributed by atoms with Crippen LogP contribution in [-0.4, -0.2) is 10.9 Å². The molecular weight excluding hydrogens is 380 g/mol. The molecule has 3 aromatic rings. The van der Waals surface area contributed by atoms with Crippen molar-refractivity contribution in [2.45, 2.75) is 12.6 Å². The molecule has 0 saturated carbocycles. The van der Waals surface area contributed by atoms with Crippen LogP contribution in [0.2, 0.25) is 0 Å². The highest BCUT2D eigenvalue weighted by Crippen LogP contribution is 2.38. The van der Waals surface area contributed by atoms with Gasteiger partial charge in [0.25, 0.3) is 0 Å². The molecule has 0 saturated heterocycles. The van der Waals surface area contributed by atoms with Crippen molar-refractivity contribution in [1.29, 1.82) is 0 Å². The third-order valence-electron chi connectivity index (χ3n) is 3.54. The Labute approximate surface area is 135 Å². The number of H-pyrrole nitrogens is 1. The van der Waals surface area contributed by atoms with E-state index in [-0.39, 0.29) is 22.0 Å². The molecule has 8 heteroatoms. The van der Waals surface area contributed by atoms with Crippen LogP contribution in [0.5, 0.6) is 0 Å². The molecule has 0 spiro atoms. The molecule has 3 nitrogen and oxygen atoms in total. The molecule has 0 fully saturated rings. The van der Waals surface area contributed by atoms with Crippen LogP contribution in [0.15, 0.2) is 28.7 Å². The van der Waals surface area contributed by atoms with Crippen LogP contribution in [0.1, 0.15) is 11.1 Å². The summed E-state index contributed by atoms with van der Waals surface area (Å²) in [6.45, 7) is 0. The Balaban J connectivity index is 2.37. The second-order valence-corrected chi connectivity index (χ2v) is 5.90. The maximum atomic E-state index is 14.0. The van der Waals surface area contributed by atoms with Crippen molar-refractivity contribution in [2.75, 3.05) is 0 Å². The zero-order valence-corrected chi connectivity index (χ0v) is 13.0. The van der Waals surface area contributed by atoms with Crippen LogP contribution in [-0.2, 0) is 17.4 Å². The van der Waals surface area contributed by atoms with E-state index in [1.54, 1.807) is 0 Å². The summed E-state index contributed by atoms with van der Waals surface area (Å²) in [5, 5.41) is 0.801. The Morgan fingerprint density at radius 3 is 2.57 bits per heavy atom. The number of nitrogens with two attached hydrogens (primary N) is 1. The second-order valence-electron chi connectivity index (χ2n) is 5.11. The third kappa shape index (κ3) is 2.67. The summed E-state index contributed by atoms with van der Waals surface area (Å²) in [5.41, 5.74) is 5.20. The lowest BCUT2D eigenvalue weighted by atomic mass is 10.1. The maximum Gasteiger partial charge on any atom is 0.416 e. The van der Waals surface area contributed by atoms with E-state index in [1.807, 2.05) is 0 Å². The largest absolute Gasteiger partial charge is 0.416 e. The SMILES string of the molecule is NC(=O)Cc1cc(F)c(Br)c2c1[nH]c1cc(C(F)(F)F)ccc12. The number of primary amides is 1. The quantitative estimate of drug-likeness (QED) is 0.632. The van der Waals surface area contributed by atoms with Crippen LogP contribution in [0.3, 0.4) is 0 Å². The van der Waals surface area contributed by atoms with Gasteiger partial charge in [0.15, 0.2) is 0 Å². The Hall–Kier alpha value is -2.09. The summed E-state index contributed by atoms with van der Waals surface area (Å²) in [7, 11) is 0. The van der Waals surface area contributed by atoms with E-state index in [1.165, 1.54) is 6.07 Å². The van der Waals surface area contributed by atoms with Gasteiger partial charge in [-0.3, -0.25) is 4.79 Å². The van der Waals surface area contributed by atoms with Gasteiger partial charge >= 0.3 is 6.18 Å².